The molecular formula is C13H17OPSe. The second kappa shape index (κ2) is 4.61. The number of hydrogen-bond acceptors (Lipinski definition) is 1. The van der Waals surface area contributed by atoms with E-state index in [9.17, 15) is 4.79 Å². The van der Waals surface area contributed by atoms with Crippen LogP contribution in [-0.4, -0.2) is 33.2 Å². The second-order valence-electron chi connectivity index (χ2n) is 4.79. The number of Topliss-reactive ketones (excluding diaryl/α,β-unsaturated/α-hetero) is 1. The number of benzene rings is 1. The summed E-state index contributed by atoms with van der Waals surface area (Å²) in [5, 5.41) is 1.43. The van der Waals surface area contributed by atoms with Crippen LogP contribution in [0.15, 0.2) is 30.3 Å². The number of carbonyl (C=O) groups excluding carboxylic acids is 1. The number of hydrogen-bond donors (Lipinski definition) is 0. The molecule has 0 saturated carbocycles. The van der Waals surface area contributed by atoms with Crippen LogP contribution in [0.5, 0.6) is 0 Å². The third kappa shape index (κ3) is 2.25. The third-order valence-electron chi connectivity index (χ3n) is 3.34. The van der Waals surface area contributed by atoms with Gasteiger partial charge < -0.3 is 0 Å². The molecule has 16 heavy (non-hydrogen) atoms. The fourth-order valence-corrected chi connectivity index (χ4v) is 9.53. The molecule has 86 valence electrons. The van der Waals surface area contributed by atoms with Gasteiger partial charge in [0.1, 0.15) is 0 Å². The van der Waals surface area contributed by atoms with E-state index in [1.54, 1.807) is 0 Å². The van der Waals surface area contributed by atoms with Crippen molar-refractivity contribution in [3.8, 4) is 0 Å². The molecule has 0 spiro atoms. The minimum atomic E-state index is -1.21. The van der Waals surface area contributed by atoms with Crippen LogP contribution in [0.2, 0.25) is 0 Å². The Kier molecular flexibility index (Phi) is 3.54. The predicted octanol–water partition coefficient (Wildman–Crippen LogP) is 2.27. The van der Waals surface area contributed by atoms with Gasteiger partial charge in [0, 0.05) is 0 Å². The first-order valence-corrected chi connectivity index (χ1v) is 10.1. The topological polar surface area (TPSA) is 17.1 Å². The van der Waals surface area contributed by atoms with E-state index in [1.807, 2.05) is 0 Å². The third-order valence-corrected chi connectivity index (χ3v) is 10.1. The van der Waals surface area contributed by atoms with Gasteiger partial charge in [-0.3, -0.25) is 0 Å². The molecule has 0 aliphatic carbocycles. The molecule has 1 nitrogen and oxygen atoms in total. The Morgan fingerprint density at radius 3 is 2.12 bits per heavy atom. The van der Waals surface area contributed by atoms with Crippen LogP contribution in [-0.2, 0) is 4.79 Å². The van der Waals surface area contributed by atoms with Crippen LogP contribution < -0.4 is 5.30 Å². The van der Waals surface area contributed by atoms with E-state index in [4.69, 9.17) is 0 Å². The Balaban J connectivity index is 2.34. The summed E-state index contributed by atoms with van der Waals surface area (Å²) in [6, 6.07) is 10.7. The van der Waals surface area contributed by atoms with Crippen LogP contribution in [0.3, 0.4) is 0 Å². The quantitative estimate of drug-likeness (QED) is 0.574. The van der Waals surface area contributed by atoms with Gasteiger partial charge in [0.2, 0.25) is 0 Å². The van der Waals surface area contributed by atoms with Gasteiger partial charge in [-0.15, -0.1) is 0 Å². The van der Waals surface area contributed by atoms with Crippen molar-refractivity contribution < 1.29 is 4.79 Å². The van der Waals surface area contributed by atoms with Crippen molar-refractivity contribution in [2.75, 3.05) is 12.3 Å². The summed E-state index contributed by atoms with van der Waals surface area (Å²) in [7, 11) is 0. The first-order valence-electron chi connectivity index (χ1n) is 5.70. The van der Waals surface area contributed by atoms with Gasteiger partial charge in [-0.25, -0.2) is 0 Å². The van der Waals surface area contributed by atoms with Gasteiger partial charge in [0.15, 0.2) is 0 Å². The zero-order valence-corrected chi connectivity index (χ0v) is 12.3. The normalized spacial score (nSPS) is 35.0. The van der Waals surface area contributed by atoms with Crippen molar-refractivity contribution in [3.05, 3.63) is 30.3 Å². The van der Waals surface area contributed by atoms with Gasteiger partial charge in [-0.05, 0) is 0 Å². The Hall–Kier alpha value is -0.161. The van der Waals surface area contributed by atoms with Crippen LogP contribution in [0.1, 0.15) is 13.8 Å². The maximum absolute atomic E-state index is 11.8. The summed E-state index contributed by atoms with van der Waals surface area (Å²) < 4.78 is 0. The van der Waals surface area contributed by atoms with Crippen molar-refractivity contribution in [1.82, 2.24) is 0 Å². The first-order chi connectivity index (χ1) is 7.53. The van der Waals surface area contributed by atoms with Crippen LogP contribution in [0.25, 0.3) is 0 Å². The molecule has 2 rings (SSSR count). The fraction of sp³-hybridized carbons (Fsp3) is 0.462. The van der Waals surface area contributed by atoms with Gasteiger partial charge in [0.25, 0.3) is 0 Å². The van der Waals surface area contributed by atoms with Crippen LogP contribution in [0, 0.1) is 11.8 Å². The molecule has 3 heteroatoms. The van der Waals surface area contributed by atoms with Crippen LogP contribution >= 0.6 is 5.51 Å². The van der Waals surface area contributed by atoms with Crippen LogP contribution in [0.4, 0.5) is 0 Å². The molecule has 1 aliphatic rings. The van der Waals surface area contributed by atoms with E-state index in [1.165, 1.54) is 5.30 Å². The van der Waals surface area contributed by atoms with E-state index >= 15 is 0 Å². The molecule has 1 saturated heterocycles. The summed E-state index contributed by atoms with van der Waals surface area (Å²) in [5.74, 6) is 0.888. The summed E-state index contributed by atoms with van der Waals surface area (Å²) >= 11 is 3.45. The number of ketones is 1. The molecule has 0 radical (unpaired) electrons. The Morgan fingerprint density at radius 1 is 1.12 bits per heavy atom. The van der Waals surface area contributed by atoms with Crippen molar-refractivity contribution in [1.29, 1.82) is 0 Å². The van der Waals surface area contributed by atoms with E-state index in [-0.39, 0.29) is 11.8 Å². The minimum absolute atomic E-state index is 0.221. The van der Waals surface area contributed by atoms with E-state index in [2.05, 4.69) is 59.3 Å². The molecule has 1 aromatic rings. The Morgan fingerprint density at radius 2 is 1.62 bits per heavy atom. The number of rotatable bonds is 1. The average Bonchev–Trinajstić information content (AvgIpc) is 2.27. The van der Waals surface area contributed by atoms with E-state index in [0.717, 1.165) is 12.3 Å². The predicted molar refractivity (Wildman–Crippen MR) is 71.8 cm³/mol. The maximum atomic E-state index is 11.8. The zero-order chi connectivity index (χ0) is 11.8. The molecule has 2 atom stereocenters. The first kappa shape index (κ1) is 12.3. The van der Waals surface area contributed by atoms with Crippen molar-refractivity contribution in [2.45, 2.75) is 13.8 Å². The summed E-state index contributed by atoms with van der Waals surface area (Å²) in [4.78, 5) is 11.8. The zero-order valence-electron chi connectivity index (χ0n) is 9.72. The monoisotopic (exact) mass is 300 g/mol. The molecule has 1 fully saturated rings. The number of carbonyl (C=O) groups is 1. The molecule has 0 aromatic heterocycles. The van der Waals surface area contributed by atoms with Gasteiger partial charge in [0.05, 0.1) is 0 Å². The molecule has 1 heterocycles. The summed E-state index contributed by atoms with van der Waals surface area (Å²) in [6.45, 7) is 4.15. The van der Waals surface area contributed by atoms with E-state index < -0.39 is 5.51 Å². The van der Waals surface area contributed by atoms with Gasteiger partial charge in [-0.2, -0.15) is 0 Å². The fourth-order valence-electron chi connectivity index (χ4n) is 2.54. The molecule has 1 aromatic carbocycles. The molecule has 0 N–H and O–H groups in total. The average molecular weight is 299 g/mol. The Bertz CT molecular complexity index is 423. The second-order valence-corrected chi connectivity index (χ2v) is 12.2. The van der Waals surface area contributed by atoms with E-state index in [0.29, 0.717) is 5.78 Å². The molecule has 0 amide bonds. The SMILES string of the molecule is CC1CP(=[Se])(c2ccccc2)CC(C)C1=O. The molecule has 1 aliphatic heterocycles. The van der Waals surface area contributed by atoms with Crippen molar-refractivity contribution >= 4 is 31.7 Å². The summed E-state index contributed by atoms with van der Waals surface area (Å²) in [5.41, 5.74) is -1.21. The molecule has 2 unspecified atom stereocenters. The Labute approximate surface area is 105 Å². The van der Waals surface area contributed by atoms with Crippen molar-refractivity contribution in [2.24, 2.45) is 11.8 Å². The van der Waals surface area contributed by atoms with Gasteiger partial charge >= 0.3 is 105 Å². The van der Waals surface area contributed by atoms with Crippen molar-refractivity contribution in [3.63, 3.8) is 0 Å². The molecule has 0 bridgehead atoms. The molecular weight excluding hydrogens is 282 g/mol. The van der Waals surface area contributed by atoms with Gasteiger partial charge in [-0.1, -0.05) is 0 Å². The standard InChI is InChI=1S/C13H17OPSe/c1-10-8-15(16,9-11(2)13(10)14)12-6-4-3-5-7-12/h3-7,10-11H,8-9H2,1-2H3. The summed E-state index contributed by atoms with van der Waals surface area (Å²) in [6.07, 6.45) is 2.08.